The number of aliphatic hydroxyl groups excluding tert-OH is 1. The molecule has 3 N–H and O–H groups in total. The van der Waals surface area contributed by atoms with Crippen molar-refractivity contribution in [3.05, 3.63) is 29.8 Å². The molecule has 108 valence electrons. The summed E-state index contributed by atoms with van der Waals surface area (Å²) in [6.07, 6.45) is 2.90. The van der Waals surface area contributed by atoms with Crippen molar-refractivity contribution in [1.29, 1.82) is 0 Å². The zero-order valence-electron chi connectivity index (χ0n) is 11.6. The van der Waals surface area contributed by atoms with E-state index in [1.807, 2.05) is 0 Å². The predicted octanol–water partition coefficient (Wildman–Crippen LogP) is 1.68. The Morgan fingerprint density at radius 2 is 1.70 bits per heavy atom. The quantitative estimate of drug-likeness (QED) is 0.786. The van der Waals surface area contributed by atoms with E-state index < -0.39 is 0 Å². The van der Waals surface area contributed by atoms with Crippen LogP contribution < -0.4 is 10.6 Å². The highest BCUT2D eigenvalue weighted by Gasteiger charge is 2.21. The van der Waals surface area contributed by atoms with Crippen molar-refractivity contribution in [2.45, 2.75) is 44.8 Å². The fourth-order valence-corrected chi connectivity index (χ4v) is 2.40. The first-order chi connectivity index (χ1) is 9.54. The molecule has 1 aliphatic carbocycles. The highest BCUT2D eigenvalue weighted by Crippen LogP contribution is 2.19. The van der Waals surface area contributed by atoms with Crippen molar-refractivity contribution in [3.63, 3.8) is 0 Å². The summed E-state index contributed by atoms with van der Waals surface area (Å²) in [5, 5.41) is 15.1. The minimum absolute atomic E-state index is 0.110. The average Bonchev–Trinajstić information content (AvgIpc) is 2.41. The Hall–Kier alpha value is -1.88. The molecular formula is C15H20N2O3. The van der Waals surface area contributed by atoms with E-state index in [4.69, 9.17) is 0 Å². The van der Waals surface area contributed by atoms with Crippen molar-refractivity contribution in [1.82, 2.24) is 5.32 Å². The van der Waals surface area contributed by atoms with E-state index in [1.165, 1.54) is 6.92 Å². The zero-order valence-corrected chi connectivity index (χ0v) is 11.6. The van der Waals surface area contributed by atoms with E-state index in [0.29, 0.717) is 11.3 Å². The Morgan fingerprint density at radius 1 is 1.10 bits per heavy atom. The summed E-state index contributed by atoms with van der Waals surface area (Å²) in [6, 6.07) is 6.94. The van der Waals surface area contributed by atoms with E-state index in [-0.39, 0.29) is 24.0 Å². The molecule has 0 heterocycles. The van der Waals surface area contributed by atoms with Gasteiger partial charge in [0.2, 0.25) is 5.91 Å². The summed E-state index contributed by atoms with van der Waals surface area (Å²) < 4.78 is 0. The second-order valence-corrected chi connectivity index (χ2v) is 5.24. The summed E-state index contributed by atoms with van der Waals surface area (Å²) in [7, 11) is 0. The molecule has 2 amide bonds. The maximum Gasteiger partial charge on any atom is 0.251 e. The van der Waals surface area contributed by atoms with Crippen molar-refractivity contribution in [3.8, 4) is 0 Å². The summed E-state index contributed by atoms with van der Waals surface area (Å²) in [5.74, 6) is -0.247. The van der Waals surface area contributed by atoms with Gasteiger partial charge in [0.15, 0.2) is 0 Å². The number of anilines is 1. The molecule has 0 bridgehead atoms. The van der Waals surface area contributed by atoms with Crippen LogP contribution in [0.15, 0.2) is 24.3 Å². The summed E-state index contributed by atoms with van der Waals surface area (Å²) >= 11 is 0. The number of aliphatic hydroxyl groups is 1. The van der Waals surface area contributed by atoms with Crippen LogP contribution in [0.1, 0.15) is 43.0 Å². The van der Waals surface area contributed by atoms with Crippen LogP contribution >= 0.6 is 0 Å². The minimum Gasteiger partial charge on any atom is -0.393 e. The number of benzene rings is 1. The molecular weight excluding hydrogens is 256 g/mol. The minimum atomic E-state index is -0.222. The monoisotopic (exact) mass is 276 g/mol. The lowest BCUT2D eigenvalue weighted by molar-refractivity contribution is -0.114. The Kier molecular flexibility index (Phi) is 4.74. The number of carbonyl (C=O) groups is 2. The lowest BCUT2D eigenvalue weighted by Gasteiger charge is -2.26. The normalized spacial score (nSPS) is 22.1. The van der Waals surface area contributed by atoms with Crippen LogP contribution in [0.3, 0.4) is 0 Å². The lowest BCUT2D eigenvalue weighted by atomic mass is 9.93. The maximum absolute atomic E-state index is 12.1. The number of hydrogen-bond donors (Lipinski definition) is 3. The molecule has 0 radical (unpaired) electrons. The van der Waals surface area contributed by atoms with Crippen LogP contribution in [0.25, 0.3) is 0 Å². The molecule has 0 saturated heterocycles. The predicted molar refractivity (Wildman–Crippen MR) is 76.5 cm³/mol. The third-order valence-corrected chi connectivity index (χ3v) is 3.50. The smallest absolute Gasteiger partial charge is 0.251 e. The first-order valence-corrected chi connectivity index (χ1v) is 6.91. The van der Waals surface area contributed by atoms with Gasteiger partial charge >= 0.3 is 0 Å². The highest BCUT2D eigenvalue weighted by molar-refractivity contribution is 5.95. The third-order valence-electron chi connectivity index (χ3n) is 3.50. The first kappa shape index (κ1) is 14.5. The van der Waals surface area contributed by atoms with Crippen LogP contribution in [-0.4, -0.2) is 29.1 Å². The molecule has 0 aliphatic heterocycles. The number of carbonyl (C=O) groups excluding carboxylic acids is 2. The fraction of sp³-hybridized carbons (Fsp3) is 0.467. The van der Waals surface area contributed by atoms with Gasteiger partial charge in [-0.3, -0.25) is 9.59 Å². The Balaban J connectivity index is 1.90. The summed E-state index contributed by atoms with van der Waals surface area (Å²) in [6.45, 7) is 1.44. The molecule has 1 fully saturated rings. The average molecular weight is 276 g/mol. The van der Waals surface area contributed by atoms with Crippen LogP contribution in [0.2, 0.25) is 0 Å². The largest absolute Gasteiger partial charge is 0.393 e. The van der Waals surface area contributed by atoms with Crippen LogP contribution in [-0.2, 0) is 4.79 Å². The number of amides is 2. The van der Waals surface area contributed by atoms with E-state index in [2.05, 4.69) is 10.6 Å². The van der Waals surface area contributed by atoms with Crippen molar-refractivity contribution in [2.75, 3.05) is 5.32 Å². The SMILES string of the molecule is CC(=O)Nc1ccc(C(=O)NC2CCC(O)CC2)cc1. The van der Waals surface area contributed by atoms with E-state index in [9.17, 15) is 14.7 Å². The molecule has 0 aromatic heterocycles. The molecule has 1 aromatic carbocycles. The van der Waals surface area contributed by atoms with Gasteiger partial charge in [0, 0.05) is 24.2 Å². The Morgan fingerprint density at radius 3 is 2.25 bits per heavy atom. The van der Waals surface area contributed by atoms with Gasteiger partial charge in [-0.15, -0.1) is 0 Å². The number of nitrogens with one attached hydrogen (secondary N) is 2. The molecule has 1 aliphatic rings. The molecule has 5 nitrogen and oxygen atoms in total. The fourth-order valence-electron chi connectivity index (χ4n) is 2.40. The van der Waals surface area contributed by atoms with E-state index in [1.54, 1.807) is 24.3 Å². The molecule has 1 aromatic rings. The van der Waals surface area contributed by atoms with Gasteiger partial charge in [0.1, 0.15) is 0 Å². The van der Waals surface area contributed by atoms with Crippen molar-refractivity contribution in [2.24, 2.45) is 0 Å². The van der Waals surface area contributed by atoms with E-state index in [0.717, 1.165) is 25.7 Å². The van der Waals surface area contributed by atoms with Crippen LogP contribution in [0.5, 0.6) is 0 Å². The molecule has 20 heavy (non-hydrogen) atoms. The van der Waals surface area contributed by atoms with Gasteiger partial charge in [-0.1, -0.05) is 0 Å². The summed E-state index contributed by atoms with van der Waals surface area (Å²) in [4.78, 5) is 23.0. The van der Waals surface area contributed by atoms with Crippen LogP contribution in [0, 0.1) is 0 Å². The van der Waals surface area contributed by atoms with Gasteiger partial charge in [0.25, 0.3) is 5.91 Å². The topological polar surface area (TPSA) is 78.4 Å². The third kappa shape index (κ3) is 4.06. The lowest BCUT2D eigenvalue weighted by Crippen LogP contribution is -2.38. The van der Waals surface area contributed by atoms with Gasteiger partial charge < -0.3 is 15.7 Å². The number of rotatable bonds is 3. The second kappa shape index (κ2) is 6.52. The van der Waals surface area contributed by atoms with E-state index >= 15 is 0 Å². The first-order valence-electron chi connectivity index (χ1n) is 6.91. The zero-order chi connectivity index (χ0) is 14.5. The van der Waals surface area contributed by atoms with Gasteiger partial charge in [-0.2, -0.15) is 0 Å². The standard InChI is InChI=1S/C15H20N2O3/c1-10(18)16-12-4-2-11(3-5-12)15(20)17-13-6-8-14(19)9-7-13/h2-5,13-14,19H,6-9H2,1H3,(H,16,18)(H,17,20). The van der Waals surface area contributed by atoms with Crippen molar-refractivity contribution >= 4 is 17.5 Å². The summed E-state index contributed by atoms with van der Waals surface area (Å²) in [5.41, 5.74) is 1.25. The van der Waals surface area contributed by atoms with Gasteiger partial charge in [0.05, 0.1) is 6.10 Å². The Bertz CT molecular complexity index is 476. The molecule has 1 saturated carbocycles. The van der Waals surface area contributed by atoms with Crippen LogP contribution in [0.4, 0.5) is 5.69 Å². The number of hydrogen-bond acceptors (Lipinski definition) is 3. The molecule has 0 spiro atoms. The molecule has 2 rings (SSSR count). The Labute approximate surface area is 118 Å². The van der Waals surface area contributed by atoms with Crippen molar-refractivity contribution < 1.29 is 14.7 Å². The van der Waals surface area contributed by atoms with Gasteiger partial charge in [-0.25, -0.2) is 0 Å². The highest BCUT2D eigenvalue weighted by atomic mass is 16.3. The molecule has 0 unspecified atom stereocenters. The molecule has 5 heteroatoms. The van der Waals surface area contributed by atoms with Gasteiger partial charge in [-0.05, 0) is 49.9 Å². The molecule has 0 atom stereocenters. The second-order valence-electron chi connectivity index (χ2n) is 5.24. The maximum atomic E-state index is 12.1.